The zero-order valence-corrected chi connectivity index (χ0v) is 16.7. The molecule has 0 aliphatic carbocycles. The van der Waals surface area contributed by atoms with Gasteiger partial charge in [0.05, 0.1) is 10.4 Å². The topological polar surface area (TPSA) is 95.3 Å². The molecule has 3 N–H and O–H groups in total. The van der Waals surface area contributed by atoms with Crippen LogP contribution in [0, 0.1) is 0 Å². The molecular formula is C21H23N3O3S. The first-order chi connectivity index (χ1) is 13.5. The van der Waals surface area contributed by atoms with Gasteiger partial charge in [-0.25, -0.2) is 14.8 Å². The van der Waals surface area contributed by atoms with Gasteiger partial charge in [-0.1, -0.05) is 13.8 Å². The molecule has 0 saturated heterocycles. The van der Waals surface area contributed by atoms with Gasteiger partial charge < -0.3 is 15.5 Å². The Labute approximate surface area is 167 Å². The Morgan fingerprint density at radius 1 is 1.14 bits per heavy atom. The summed E-state index contributed by atoms with van der Waals surface area (Å²) in [5.41, 5.74) is 4.14. The van der Waals surface area contributed by atoms with Gasteiger partial charge in [-0.3, -0.25) is 0 Å². The quantitative estimate of drug-likeness (QED) is 0.524. The van der Waals surface area contributed by atoms with Gasteiger partial charge in [0.25, 0.3) is 0 Å². The molecule has 3 rings (SSSR count). The van der Waals surface area contributed by atoms with Crippen molar-refractivity contribution in [2.45, 2.75) is 33.1 Å². The summed E-state index contributed by atoms with van der Waals surface area (Å²) >= 11 is 1.57. The van der Waals surface area contributed by atoms with Crippen LogP contribution in [-0.4, -0.2) is 32.8 Å². The van der Waals surface area contributed by atoms with Crippen LogP contribution in [0.15, 0.2) is 35.7 Å². The average molecular weight is 398 g/mol. The van der Waals surface area contributed by atoms with Crippen molar-refractivity contribution in [1.82, 2.24) is 9.97 Å². The van der Waals surface area contributed by atoms with E-state index in [1.807, 2.05) is 11.4 Å². The highest BCUT2D eigenvalue weighted by molar-refractivity contribution is 7.13. The number of rotatable bonds is 8. The predicted octanol–water partition coefficient (Wildman–Crippen LogP) is 4.31. The van der Waals surface area contributed by atoms with Crippen LogP contribution in [0.3, 0.4) is 0 Å². The van der Waals surface area contributed by atoms with Gasteiger partial charge in [0, 0.05) is 23.6 Å². The maximum atomic E-state index is 11.0. The number of hydrogen-bond donors (Lipinski definition) is 3. The van der Waals surface area contributed by atoms with E-state index in [9.17, 15) is 4.79 Å². The molecule has 1 aromatic carbocycles. The minimum absolute atomic E-state index is 0.116. The van der Waals surface area contributed by atoms with Crippen LogP contribution in [0.5, 0.6) is 0 Å². The lowest BCUT2D eigenvalue weighted by Crippen LogP contribution is -2.07. The van der Waals surface area contributed by atoms with Crippen molar-refractivity contribution < 1.29 is 15.0 Å². The fourth-order valence-corrected chi connectivity index (χ4v) is 3.87. The van der Waals surface area contributed by atoms with Crippen LogP contribution >= 0.6 is 11.3 Å². The minimum Gasteiger partial charge on any atom is -0.478 e. The molecule has 0 atom stereocenters. The zero-order valence-electron chi connectivity index (χ0n) is 15.9. The summed E-state index contributed by atoms with van der Waals surface area (Å²) in [6.07, 6.45) is 2.20. The summed E-state index contributed by atoms with van der Waals surface area (Å²) in [5, 5.41) is 23.5. The van der Waals surface area contributed by atoms with Crippen molar-refractivity contribution >= 4 is 28.8 Å². The first-order valence-electron chi connectivity index (χ1n) is 9.24. The number of aromatic carboxylic acids is 1. The molecule has 2 aromatic heterocycles. The number of aromatic nitrogens is 2. The lowest BCUT2D eigenvalue weighted by atomic mass is 10.1. The van der Waals surface area contributed by atoms with E-state index >= 15 is 0 Å². The first kappa shape index (κ1) is 20.0. The summed E-state index contributed by atoms with van der Waals surface area (Å²) in [4.78, 5) is 21.5. The monoisotopic (exact) mass is 397 g/mol. The molecule has 0 spiro atoms. The lowest BCUT2D eigenvalue weighted by molar-refractivity contribution is 0.0697. The Balaban J connectivity index is 1.99. The molecule has 0 unspecified atom stereocenters. The summed E-state index contributed by atoms with van der Waals surface area (Å²) in [6, 6.07) is 8.63. The number of aliphatic hydroxyl groups is 1. The van der Waals surface area contributed by atoms with E-state index in [4.69, 9.17) is 20.2 Å². The number of aliphatic hydroxyl groups excluding tert-OH is 1. The van der Waals surface area contributed by atoms with Crippen molar-refractivity contribution in [3.05, 3.63) is 58.1 Å². The SMILES string of the molecule is CCc1nc(-c2cc(CCO)cs2)nc(Nc2ccc(C(=O)O)cc2)c1CC. The summed E-state index contributed by atoms with van der Waals surface area (Å²) < 4.78 is 0. The van der Waals surface area contributed by atoms with Gasteiger partial charge in [-0.15, -0.1) is 11.3 Å². The second-order valence-corrected chi connectivity index (χ2v) is 7.24. The van der Waals surface area contributed by atoms with Gasteiger partial charge in [0.2, 0.25) is 0 Å². The molecular weight excluding hydrogens is 374 g/mol. The number of carboxylic acid groups (broad SMARTS) is 1. The maximum Gasteiger partial charge on any atom is 0.335 e. The number of nitrogens with zero attached hydrogens (tertiary/aromatic N) is 2. The summed E-state index contributed by atoms with van der Waals surface area (Å²) in [5.74, 6) is 0.451. The van der Waals surface area contributed by atoms with E-state index in [0.29, 0.717) is 12.2 Å². The molecule has 28 heavy (non-hydrogen) atoms. The van der Waals surface area contributed by atoms with Gasteiger partial charge in [0.1, 0.15) is 5.82 Å². The van der Waals surface area contributed by atoms with Crippen LogP contribution in [-0.2, 0) is 19.3 Å². The number of carbonyl (C=O) groups is 1. The molecule has 0 fully saturated rings. The average Bonchev–Trinajstić information content (AvgIpc) is 3.16. The van der Waals surface area contributed by atoms with E-state index in [1.54, 1.807) is 35.6 Å². The fourth-order valence-electron chi connectivity index (χ4n) is 2.99. The van der Waals surface area contributed by atoms with Gasteiger partial charge >= 0.3 is 5.97 Å². The number of nitrogens with one attached hydrogen (secondary N) is 1. The Hall–Kier alpha value is -2.77. The van der Waals surface area contributed by atoms with E-state index in [0.717, 1.165) is 46.0 Å². The van der Waals surface area contributed by atoms with Crippen LogP contribution in [0.1, 0.15) is 41.0 Å². The molecule has 6 nitrogen and oxygen atoms in total. The third-order valence-corrected chi connectivity index (χ3v) is 5.43. The second kappa shape index (κ2) is 8.95. The number of aryl methyl sites for hydroxylation is 1. The molecule has 0 bridgehead atoms. The van der Waals surface area contributed by atoms with E-state index in [1.165, 1.54) is 0 Å². The highest BCUT2D eigenvalue weighted by Crippen LogP contribution is 2.30. The molecule has 0 aliphatic heterocycles. The standard InChI is InChI=1S/C21H23N3O3S/c1-3-16-17(4-2)23-20(18-11-13(9-10-25)12-28-18)24-19(16)22-15-7-5-14(6-8-15)21(26)27/h5-8,11-12,25H,3-4,9-10H2,1-2H3,(H,26,27)(H,22,23,24). The number of benzene rings is 1. The molecule has 3 aromatic rings. The van der Waals surface area contributed by atoms with E-state index in [2.05, 4.69) is 19.2 Å². The van der Waals surface area contributed by atoms with Crippen LogP contribution in [0.2, 0.25) is 0 Å². The molecule has 2 heterocycles. The van der Waals surface area contributed by atoms with Gasteiger partial charge in [0.15, 0.2) is 5.82 Å². The van der Waals surface area contributed by atoms with E-state index in [-0.39, 0.29) is 12.2 Å². The number of thiophene rings is 1. The Morgan fingerprint density at radius 2 is 1.89 bits per heavy atom. The number of anilines is 2. The molecule has 0 amide bonds. The Bertz CT molecular complexity index is 968. The van der Waals surface area contributed by atoms with Crippen LogP contribution < -0.4 is 5.32 Å². The molecule has 0 saturated carbocycles. The normalized spacial score (nSPS) is 10.8. The predicted molar refractivity (Wildman–Crippen MR) is 112 cm³/mol. The van der Waals surface area contributed by atoms with Gasteiger partial charge in [-0.05, 0) is 60.5 Å². The Morgan fingerprint density at radius 3 is 2.50 bits per heavy atom. The van der Waals surface area contributed by atoms with Crippen LogP contribution in [0.4, 0.5) is 11.5 Å². The summed E-state index contributed by atoms with van der Waals surface area (Å²) in [6.45, 7) is 4.26. The van der Waals surface area contributed by atoms with Crippen molar-refractivity contribution in [2.24, 2.45) is 0 Å². The van der Waals surface area contributed by atoms with E-state index < -0.39 is 5.97 Å². The third-order valence-electron chi connectivity index (χ3n) is 4.45. The highest BCUT2D eigenvalue weighted by Gasteiger charge is 2.15. The zero-order chi connectivity index (χ0) is 20.1. The molecule has 7 heteroatoms. The van der Waals surface area contributed by atoms with Gasteiger partial charge in [-0.2, -0.15) is 0 Å². The van der Waals surface area contributed by atoms with Crippen molar-refractivity contribution in [3.63, 3.8) is 0 Å². The largest absolute Gasteiger partial charge is 0.478 e. The van der Waals surface area contributed by atoms with Crippen molar-refractivity contribution in [3.8, 4) is 10.7 Å². The smallest absolute Gasteiger partial charge is 0.335 e. The first-order valence-corrected chi connectivity index (χ1v) is 10.1. The Kier molecular flexibility index (Phi) is 6.38. The fraction of sp³-hybridized carbons (Fsp3) is 0.286. The number of hydrogen-bond acceptors (Lipinski definition) is 6. The summed E-state index contributed by atoms with van der Waals surface area (Å²) in [7, 11) is 0. The second-order valence-electron chi connectivity index (χ2n) is 6.33. The molecule has 0 radical (unpaired) electrons. The highest BCUT2D eigenvalue weighted by atomic mass is 32.1. The lowest BCUT2D eigenvalue weighted by Gasteiger charge is -2.15. The number of carboxylic acids is 1. The van der Waals surface area contributed by atoms with Crippen molar-refractivity contribution in [2.75, 3.05) is 11.9 Å². The van der Waals surface area contributed by atoms with Crippen LogP contribution in [0.25, 0.3) is 10.7 Å². The molecule has 0 aliphatic rings. The minimum atomic E-state index is -0.949. The molecule has 146 valence electrons. The van der Waals surface area contributed by atoms with Crippen molar-refractivity contribution in [1.29, 1.82) is 0 Å². The third kappa shape index (κ3) is 4.37. The maximum absolute atomic E-state index is 11.0.